The van der Waals surface area contributed by atoms with E-state index in [0.29, 0.717) is 0 Å². The van der Waals surface area contributed by atoms with Crippen molar-refractivity contribution >= 4 is 23.5 Å². The molecule has 15 heteroatoms. The quantitative estimate of drug-likeness (QED) is 0.368. The molecule has 0 saturated carbocycles. The molecule has 4 unspecified atom stereocenters. The highest BCUT2D eigenvalue weighted by atomic mass is 31.3. The maximum absolute atomic E-state index is 11.6. The molecule has 0 spiro atoms. The number of benzene rings is 1. The highest BCUT2D eigenvalue weighted by Crippen LogP contribution is 2.66. The van der Waals surface area contributed by atoms with Crippen molar-refractivity contribution in [3.8, 4) is 0 Å². The average molecular weight is 434 g/mol. The van der Waals surface area contributed by atoms with Gasteiger partial charge in [-0.05, 0) is 5.56 Å². The lowest BCUT2D eigenvalue weighted by Gasteiger charge is -2.19. The first-order valence-corrected chi connectivity index (χ1v) is 11.6. The zero-order chi connectivity index (χ0) is 19.6. The highest BCUT2D eigenvalue weighted by Gasteiger charge is 2.42. The van der Waals surface area contributed by atoms with Gasteiger partial charge in [0.1, 0.15) is 6.10 Å². The lowest BCUT2D eigenvalue weighted by molar-refractivity contribution is -0.0220. The van der Waals surface area contributed by atoms with Crippen molar-refractivity contribution in [2.45, 2.75) is 24.7 Å². The molecule has 2 rings (SSSR count). The molecule has 1 heterocycles. The van der Waals surface area contributed by atoms with E-state index >= 15 is 0 Å². The summed E-state index contributed by atoms with van der Waals surface area (Å²) in [6.07, 6.45) is -2.38. The number of aliphatic hydroxyl groups is 1. The topological polar surface area (TPSA) is 189 Å². The van der Waals surface area contributed by atoms with Crippen LogP contribution in [0.3, 0.4) is 0 Å². The minimum atomic E-state index is -5.58. The van der Waals surface area contributed by atoms with Crippen LogP contribution >= 0.6 is 23.5 Å². The Hall–Kier alpha value is -0.450. The molecule has 5 atom stereocenters. The van der Waals surface area contributed by atoms with E-state index in [1.165, 1.54) is 0 Å². The predicted molar refractivity (Wildman–Crippen MR) is 84.5 cm³/mol. The normalized spacial score (nSPS) is 28.4. The minimum Gasteiger partial charge on any atom is -0.390 e. The molecule has 1 aromatic rings. The summed E-state index contributed by atoms with van der Waals surface area (Å²) in [6.45, 7) is -0.686. The van der Waals surface area contributed by atoms with E-state index in [1.54, 1.807) is 30.3 Å². The van der Waals surface area contributed by atoms with Gasteiger partial charge >= 0.3 is 23.5 Å². The summed E-state index contributed by atoms with van der Waals surface area (Å²) in [7, 11) is -16.3. The Morgan fingerprint density at radius 3 is 2.19 bits per heavy atom. The number of aliphatic hydroxyl groups excluding tert-OH is 1. The number of hydrogen-bond acceptors (Lipinski definition) is 8. The van der Waals surface area contributed by atoms with Crippen molar-refractivity contribution in [1.82, 2.24) is 0 Å². The molecule has 0 amide bonds. The summed E-state index contributed by atoms with van der Waals surface area (Å²) in [4.78, 5) is 35.3. The number of ether oxygens (including phenoxy) is 1. The van der Waals surface area contributed by atoms with E-state index in [0.717, 1.165) is 5.56 Å². The van der Waals surface area contributed by atoms with Crippen LogP contribution in [0.4, 0.5) is 0 Å². The van der Waals surface area contributed by atoms with Gasteiger partial charge in [0.05, 0.1) is 18.8 Å². The van der Waals surface area contributed by atoms with Crippen molar-refractivity contribution in [2.24, 2.45) is 0 Å². The van der Waals surface area contributed by atoms with Gasteiger partial charge in [0.25, 0.3) is 0 Å². The molecule has 1 saturated heterocycles. The molecule has 1 aliphatic heterocycles. The van der Waals surface area contributed by atoms with Crippen LogP contribution in [0.25, 0.3) is 0 Å². The zero-order valence-electron chi connectivity index (χ0n) is 13.0. The second-order valence-electron chi connectivity index (χ2n) is 5.26. The standard InChI is InChI=1S/C11H17O12P3/c12-9-6-10(8-4-2-1-3-5-8)21-11(9)7-20-25(16,17)23-26(18,19)22-24(13,14)15/h1-5,9-12H,6-7H2,(H,16,17)(H,18,19)(H2,13,14,15)/t9?,10-,11?/m1/s1. The summed E-state index contributed by atoms with van der Waals surface area (Å²) in [6, 6.07) is 8.86. The molecular weight excluding hydrogens is 417 g/mol. The molecule has 148 valence electrons. The Morgan fingerprint density at radius 1 is 1.00 bits per heavy atom. The van der Waals surface area contributed by atoms with E-state index in [4.69, 9.17) is 19.4 Å². The van der Waals surface area contributed by atoms with Crippen molar-refractivity contribution in [1.29, 1.82) is 0 Å². The first-order valence-electron chi connectivity index (χ1n) is 7.04. The number of phosphoric acid groups is 3. The molecule has 5 N–H and O–H groups in total. The highest BCUT2D eigenvalue weighted by molar-refractivity contribution is 7.66. The third-order valence-electron chi connectivity index (χ3n) is 3.21. The average Bonchev–Trinajstić information content (AvgIpc) is 2.84. The summed E-state index contributed by atoms with van der Waals surface area (Å²) in [5, 5.41) is 9.95. The number of hydrogen-bond donors (Lipinski definition) is 5. The van der Waals surface area contributed by atoms with E-state index in [-0.39, 0.29) is 6.42 Å². The molecule has 1 fully saturated rings. The van der Waals surface area contributed by atoms with E-state index in [9.17, 15) is 23.7 Å². The smallest absolute Gasteiger partial charge is 0.390 e. The SMILES string of the molecule is O=P(O)(O)OP(=O)(O)OP(=O)(O)OCC1O[C@@H](c2ccccc2)CC1O. The summed E-state index contributed by atoms with van der Waals surface area (Å²) in [5.74, 6) is 0. The van der Waals surface area contributed by atoms with Crippen LogP contribution in [0.15, 0.2) is 30.3 Å². The first kappa shape index (κ1) is 21.8. The first-order chi connectivity index (χ1) is 11.9. The van der Waals surface area contributed by atoms with Crippen LogP contribution in [0.1, 0.15) is 18.1 Å². The second-order valence-corrected chi connectivity index (χ2v) is 9.68. The minimum absolute atomic E-state index is 0.189. The maximum atomic E-state index is 11.6. The molecule has 0 aliphatic carbocycles. The molecule has 0 radical (unpaired) electrons. The van der Waals surface area contributed by atoms with Gasteiger partial charge in [0.2, 0.25) is 0 Å². The van der Waals surface area contributed by atoms with Crippen molar-refractivity contribution < 1.29 is 56.3 Å². The Morgan fingerprint density at radius 2 is 1.62 bits per heavy atom. The van der Waals surface area contributed by atoms with Gasteiger partial charge in [-0.2, -0.15) is 8.62 Å². The Bertz CT molecular complexity index is 748. The van der Waals surface area contributed by atoms with Gasteiger partial charge in [-0.15, -0.1) is 0 Å². The summed E-state index contributed by atoms with van der Waals surface area (Å²) < 4.78 is 50.5. The Balaban J connectivity index is 1.92. The fraction of sp³-hybridized carbons (Fsp3) is 0.455. The molecule has 0 bridgehead atoms. The second kappa shape index (κ2) is 8.28. The van der Waals surface area contributed by atoms with E-state index < -0.39 is 48.4 Å². The van der Waals surface area contributed by atoms with Gasteiger partial charge in [0.15, 0.2) is 0 Å². The van der Waals surface area contributed by atoms with Crippen LogP contribution in [0.5, 0.6) is 0 Å². The molecular formula is C11H17O12P3. The third-order valence-corrected chi connectivity index (χ3v) is 7.02. The van der Waals surface area contributed by atoms with Gasteiger partial charge in [-0.3, -0.25) is 4.52 Å². The molecule has 1 aromatic carbocycles. The van der Waals surface area contributed by atoms with E-state index in [1.807, 2.05) is 0 Å². The Kier molecular flexibility index (Phi) is 6.96. The van der Waals surface area contributed by atoms with Gasteiger partial charge in [0, 0.05) is 6.42 Å². The lowest BCUT2D eigenvalue weighted by atomic mass is 10.1. The van der Waals surface area contributed by atoms with Crippen molar-refractivity contribution in [3.05, 3.63) is 35.9 Å². The fourth-order valence-corrected chi connectivity index (χ4v) is 5.26. The zero-order valence-corrected chi connectivity index (χ0v) is 15.7. The largest absolute Gasteiger partial charge is 0.490 e. The summed E-state index contributed by atoms with van der Waals surface area (Å²) in [5.41, 5.74) is 0.771. The maximum Gasteiger partial charge on any atom is 0.490 e. The lowest BCUT2D eigenvalue weighted by Crippen LogP contribution is -2.26. The van der Waals surface area contributed by atoms with Crippen LogP contribution < -0.4 is 0 Å². The summed E-state index contributed by atoms with van der Waals surface area (Å²) >= 11 is 0. The Labute approximate surface area is 147 Å². The van der Waals surface area contributed by atoms with Gasteiger partial charge in [-0.25, -0.2) is 13.7 Å². The fourth-order valence-electron chi connectivity index (χ4n) is 2.23. The van der Waals surface area contributed by atoms with Gasteiger partial charge < -0.3 is 29.4 Å². The number of rotatable bonds is 8. The van der Waals surface area contributed by atoms with Crippen LogP contribution in [-0.4, -0.2) is 43.5 Å². The van der Waals surface area contributed by atoms with Gasteiger partial charge in [-0.1, -0.05) is 30.3 Å². The van der Waals surface area contributed by atoms with Crippen LogP contribution in [-0.2, 0) is 31.6 Å². The number of phosphoric ester groups is 1. The third kappa shape index (κ3) is 6.94. The monoisotopic (exact) mass is 434 g/mol. The predicted octanol–water partition coefficient (Wildman–Crippen LogP) is 1.22. The molecule has 12 nitrogen and oxygen atoms in total. The van der Waals surface area contributed by atoms with Crippen molar-refractivity contribution in [2.75, 3.05) is 6.61 Å². The van der Waals surface area contributed by atoms with Crippen LogP contribution in [0.2, 0.25) is 0 Å². The molecule has 26 heavy (non-hydrogen) atoms. The molecule has 1 aliphatic rings. The molecule has 0 aromatic heterocycles. The van der Waals surface area contributed by atoms with Crippen molar-refractivity contribution in [3.63, 3.8) is 0 Å². The van der Waals surface area contributed by atoms with Crippen LogP contribution in [0, 0.1) is 0 Å². The van der Waals surface area contributed by atoms with E-state index in [2.05, 4.69) is 13.1 Å².